The topological polar surface area (TPSA) is 25.6 Å². The molecule has 2 heterocycles. The summed E-state index contributed by atoms with van der Waals surface area (Å²) in [6.45, 7) is -0.0958. The first-order valence-corrected chi connectivity index (χ1v) is 24.0. The van der Waals surface area contributed by atoms with Crippen molar-refractivity contribution in [2.24, 2.45) is 0 Å². The van der Waals surface area contributed by atoms with Crippen LogP contribution in [0.2, 0.25) is 0 Å². The largest absolute Gasteiger partial charge is 0.457 e. The van der Waals surface area contributed by atoms with Gasteiger partial charge in [-0.1, -0.05) is 205 Å². The minimum Gasteiger partial charge on any atom is -0.457 e. The molecular formula is C66H42BNO2. The molecule has 1 aliphatic rings. The summed E-state index contributed by atoms with van der Waals surface area (Å²) in [4.78, 5) is 2.35. The second-order valence-corrected chi connectivity index (χ2v) is 18.3. The maximum absolute atomic E-state index is 6.95. The minimum absolute atomic E-state index is 0.0958. The van der Waals surface area contributed by atoms with E-state index in [0.29, 0.717) is 0 Å². The van der Waals surface area contributed by atoms with E-state index in [9.17, 15) is 0 Å². The molecule has 1 aromatic heterocycles. The van der Waals surface area contributed by atoms with Gasteiger partial charge in [0.15, 0.2) is 0 Å². The van der Waals surface area contributed by atoms with Crippen LogP contribution in [0.3, 0.4) is 0 Å². The molecule has 326 valence electrons. The molecular weight excluding hydrogens is 850 g/mol. The summed E-state index contributed by atoms with van der Waals surface area (Å²) in [6.07, 6.45) is 0. The molecule has 0 saturated heterocycles. The van der Waals surface area contributed by atoms with Gasteiger partial charge in [0.1, 0.15) is 22.7 Å². The van der Waals surface area contributed by atoms with Crippen molar-refractivity contribution < 1.29 is 9.15 Å². The Balaban J connectivity index is 0.891. The van der Waals surface area contributed by atoms with Crippen molar-refractivity contribution in [2.45, 2.75) is 0 Å². The highest BCUT2D eigenvalue weighted by Crippen LogP contribution is 2.50. The summed E-state index contributed by atoms with van der Waals surface area (Å²) in [6, 6.07) is 91.7. The van der Waals surface area contributed by atoms with Crippen molar-refractivity contribution in [1.82, 2.24) is 0 Å². The Morgan fingerprint density at radius 1 is 0.329 bits per heavy atom. The minimum atomic E-state index is -0.0958. The van der Waals surface area contributed by atoms with Crippen molar-refractivity contribution in [1.29, 1.82) is 0 Å². The average molecular weight is 892 g/mol. The molecule has 0 saturated carbocycles. The number of para-hydroxylation sites is 4. The molecule has 4 heteroatoms. The Morgan fingerprint density at radius 2 is 0.957 bits per heavy atom. The van der Waals surface area contributed by atoms with E-state index in [1.54, 1.807) is 0 Å². The van der Waals surface area contributed by atoms with Crippen LogP contribution in [0.4, 0.5) is 17.1 Å². The molecule has 0 fully saturated rings. The molecule has 0 bridgehead atoms. The fraction of sp³-hybridized carbons (Fsp3) is 0. The van der Waals surface area contributed by atoms with E-state index in [0.717, 1.165) is 78.0 Å². The third-order valence-electron chi connectivity index (χ3n) is 14.4. The fourth-order valence-corrected chi connectivity index (χ4v) is 11.2. The van der Waals surface area contributed by atoms with Crippen LogP contribution in [-0.4, -0.2) is 6.71 Å². The molecule has 0 unspecified atom stereocenters. The lowest BCUT2D eigenvalue weighted by atomic mass is 9.36. The highest BCUT2D eigenvalue weighted by molar-refractivity contribution is 6.98. The van der Waals surface area contributed by atoms with Crippen LogP contribution >= 0.6 is 0 Å². The number of furan rings is 1. The van der Waals surface area contributed by atoms with Gasteiger partial charge in [0.2, 0.25) is 6.71 Å². The van der Waals surface area contributed by atoms with Gasteiger partial charge >= 0.3 is 0 Å². The molecule has 1 aliphatic heterocycles. The second-order valence-electron chi connectivity index (χ2n) is 18.3. The zero-order chi connectivity index (χ0) is 46.1. The molecule has 0 radical (unpaired) electrons. The molecule has 13 aromatic rings. The average Bonchev–Trinajstić information content (AvgIpc) is 3.82. The van der Waals surface area contributed by atoms with E-state index in [4.69, 9.17) is 9.15 Å². The highest BCUT2D eigenvalue weighted by atomic mass is 16.5. The summed E-state index contributed by atoms with van der Waals surface area (Å²) >= 11 is 0. The molecule has 12 aromatic carbocycles. The molecule has 0 N–H and O–H groups in total. The van der Waals surface area contributed by atoms with Crippen LogP contribution in [0.1, 0.15) is 0 Å². The summed E-state index contributed by atoms with van der Waals surface area (Å²) in [5, 5.41) is 9.43. The van der Waals surface area contributed by atoms with Crippen LogP contribution in [0.15, 0.2) is 259 Å². The number of anilines is 3. The van der Waals surface area contributed by atoms with Gasteiger partial charge in [-0.25, -0.2) is 0 Å². The standard InChI is InChI=1S/C66H42BNO2/c1-4-18-44(19-5-1)49-24-12-14-31-61(49)68(47-22-8-3-9-23-47)48-37-34-43(35-38-48)45-36-39-53-58-41-56-50-25-10-11-26-51(50)60(42-57(56)54-28-17-33-63(65(54)58)69-64(53)40-45)67(46-20-6-2-7-21-46)59-30-16-29-55-52-27-13-15-32-62(52)70-66(55)59/h1-42H. The predicted octanol–water partition coefficient (Wildman–Crippen LogP) is 16.1. The van der Waals surface area contributed by atoms with Gasteiger partial charge in [0.05, 0.1) is 5.69 Å². The van der Waals surface area contributed by atoms with Gasteiger partial charge in [-0.2, -0.15) is 0 Å². The van der Waals surface area contributed by atoms with Crippen molar-refractivity contribution >= 4 is 94.4 Å². The van der Waals surface area contributed by atoms with Crippen molar-refractivity contribution in [3.63, 3.8) is 0 Å². The lowest BCUT2D eigenvalue weighted by molar-refractivity contribution is 0.487. The van der Waals surface area contributed by atoms with E-state index >= 15 is 0 Å². The predicted molar refractivity (Wildman–Crippen MR) is 295 cm³/mol. The number of fused-ring (bicyclic) bond motifs is 9. The smallest absolute Gasteiger partial charge is 0.246 e. The highest BCUT2D eigenvalue weighted by Gasteiger charge is 2.30. The second kappa shape index (κ2) is 16.3. The maximum atomic E-state index is 6.95. The normalized spacial score (nSPS) is 11.8. The summed E-state index contributed by atoms with van der Waals surface area (Å²) in [5.41, 5.74) is 15.6. The first kappa shape index (κ1) is 40.0. The van der Waals surface area contributed by atoms with Crippen LogP contribution in [0.25, 0.3) is 87.6 Å². The van der Waals surface area contributed by atoms with Gasteiger partial charge in [-0.3, -0.25) is 0 Å². The summed E-state index contributed by atoms with van der Waals surface area (Å²) in [5.74, 6) is 1.72. The van der Waals surface area contributed by atoms with E-state index in [1.165, 1.54) is 54.5 Å². The number of hydrogen-bond acceptors (Lipinski definition) is 3. The van der Waals surface area contributed by atoms with Gasteiger partial charge in [-0.15, -0.1) is 0 Å². The van der Waals surface area contributed by atoms with E-state index in [1.807, 2.05) is 6.07 Å². The van der Waals surface area contributed by atoms with Gasteiger partial charge in [-0.05, 0) is 115 Å². The van der Waals surface area contributed by atoms with Crippen LogP contribution in [0.5, 0.6) is 11.5 Å². The summed E-state index contributed by atoms with van der Waals surface area (Å²) in [7, 11) is 0. The number of rotatable bonds is 8. The van der Waals surface area contributed by atoms with Crippen molar-refractivity contribution in [2.75, 3.05) is 4.90 Å². The molecule has 14 rings (SSSR count). The zero-order valence-electron chi connectivity index (χ0n) is 38.1. The SMILES string of the molecule is c1ccc(B(c2cc3c4cccc5c4c(cc3c3ccccc23)-c2ccc(-c3ccc(N(c4ccccc4)c4ccccc4-c4ccccc4)cc3)cc2O5)c2cccc3c2oc2ccccc23)cc1. The van der Waals surface area contributed by atoms with Crippen molar-refractivity contribution in [3.8, 4) is 44.9 Å². The number of nitrogens with zero attached hydrogens (tertiary/aromatic N) is 1. The van der Waals surface area contributed by atoms with Crippen molar-refractivity contribution in [3.05, 3.63) is 255 Å². The van der Waals surface area contributed by atoms with Gasteiger partial charge in [0, 0.05) is 38.7 Å². The first-order chi connectivity index (χ1) is 34.7. The van der Waals surface area contributed by atoms with Gasteiger partial charge < -0.3 is 14.1 Å². The van der Waals surface area contributed by atoms with Crippen LogP contribution < -0.4 is 26.0 Å². The molecule has 0 atom stereocenters. The third-order valence-corrected chi connectivity index (χ3v) is 14.4. The monoisotopic (exact) mass is 891 g/mol. The number of benzene rings is 12. The lowest BCUT2D eigenvalue weighted by Gasteiger charge is -2.28. The quantitative estimate of drug-likeness (QED) is 0.112. The Morgan fingerprint density at radius 3 is 1.79 bits per heavy atom. The number of ether oxygens (including phenoxy) is 1. The van der Waals surface area contributed by atoms with Crippen LogP contribution in [-0.2, 0) is 0 Å². The van der Waals surface area contributed by atoms with Gasteiger partial charge in [0.25, 0.3) is 0 Å². The fourth-order valence-electron chi connectivity index (χ4n) is 11.2. The number of hydrogen-bond donors (Lipinski definition) is 0. The first-order valence-electron chi connectivity index (χ1n) is 24.0. The molecule has 70 heavy (non-hydrogen) atoms. The Bertz CT molecular complexity index is 4150. The van der Waals surface area contributed by atoms with E-state index < -0.39 is 0 Å². The Kier molecular flexibility index (Phi) is 9.31. The Hall–Kier alpha value is -9.12. The maximum Gasteiger partial charge on any atom is 0.246 e. The van der Waals surface area contributed by atoms with Crippen LogP contribution in [0, 0.1) is 0 Å². The molecule has 0 amide bonds. The van der Waals surface area contributed by atoms with E-state index in [2.05, 4.69) is 254 Å². The lowest BCUT2D eigenvalue weighted by Crippen LogP contribution is -2.52. The van der Waals surface area contributed by atoms with E-state index in [-0.39, 0.29) is 6.71 Å². The molecule has 0 spiro atoms. The Labute approximate surface area is 406 Å². The molecule has 0 aliphatic carbocycles. The summed E-state index contributed by atoms with van der Waals surface area (Å²) < 4.78 is 13.7. The molecule has 3 nitrogen and oxygen atoms in total. The zero-order valence-corrected chi connectivity index (χ0v) is 38.1. The third kappa shape index (κ3) is 6.45.